The lowest BCUT2D eigenvalue weighted by molar-refractivity contribution is 0.129. The second-order valence-corrected chi connectivity index (χ2v) is 44.9. The van der Waals surface area contributed by atoms with Crippen LogP contribution < -0.4 is 10.5 Å². The first-order valence-electron chi connectivity index (χ1n) is 49.6. The molecule has 4 fully saturated rings. The third-order valence-electron chi connectivity index (χ3n) is 30.6. The second-order valence-electron chi connectivity index (χ2n) is 39.6. The van der Waals surface area contributed by atoms with Crippen LogP contribution in [0.4, 0.5) is 0 Å². The molecule has 16 atom stereocenters. The van der Waals surface area contributed by atoms with Crippen molar-refractivity contribution in [1.82, 2.24) is 103 Å². The standard InChI is InChI=1S/C27H31Cl2N7O2S.C27H30Cl2N6.C26H29Cl2N7.C26H28Cl2N6/c1-16-11-18(6-9-25(16)35-10-4-5-20(35)14-32-39(3,37)38)24-15-31-26-23(13-30)34-36(27(26)33-24)17(2)21-8-7-19(28)12-22(21)29;1-4-20-6-5-11-34(20)25-10-7-18(12-16(25)2)24-15-31-26-23(14-30)33-35(27(26)32-24)17(3)21-9-8-19(28)13-22(21)29;1-15-10-17(5-8-24(15)34-9-3-4-19(34)12-29)23-14-31-25-22(13-30)33-35(26(25)32-23)16(2)20-7-6-18(27)11-21(20)28;1-15-11-18(6-9-24(15)33-10-4-5-16(33)2)23-14-30-25-22(13-29)32-34(26(25)31-23)17(3)20-8-7-19(27)12-21(20)28/h6-8,12,15-17,20,25,32H,4-5,9-11,14H2,1-3H3;7-9,13,15-17,20,25H,4-6,10-12H2,1-3H3;5-7,11,14-16,19,24H,3-4,8-10,12,29H2,1-2H3;6-8,12,14-17,24H,4-5,9-11H2,1-3H3. The summed E-state index contributed by atoms with van der Waals surface area (Å²) in [7, 11) is -3.22. The van der Waals surface area contributed by atoms with E-state index in [2.05, 4.69) is 155 Å². The summed E-state index contributed by atoms with van der Waals surface area (Å²) < 4.78 is 32.9. The molecule has 4 aromatic carbocycles. The minimum atomic E-state index is -3.22. The Morgan fingerprint density at radius 3 is 0.923 bits per heavy atom. The zero-order valence-electron chi connectivity index (χ0n) is 82.1. The fraction of sp³-hybridized carbons (Fsp3) is 0.472. The summed E-state index contributed by atoms with van der Waals surface area (Å²) in [5, 5.41) is 61.2. The number of rotatable bonds is 21. The maximum Gasteiger partial charge on any atom is 0.208 e. The molecule has 0 bridgehead atoms. The van der Waals surface area contributed by atoms with Crippen LogP contribution in [-0.4, -0.2) is 201 Å². The lowest BCUT2D eigenvalue weighted by Gasteiger charge is -2.39. The first kappa shape index (κ1) is 104. The van der Waals surface area contributed by atoms with Crippen molar-refractivity contribution in [1.29, 1.82) is 21.0 Å². The van der Waals surface area contributed by atoms with E-state index >= 15 is 0 Å². The quantitative estimate of drug-likeness (QED) is 0.0674. The zero-order valence-corrected chi connectivity index (χ0v) is 89.0. The molecule has 0 saturated carbocycles. The number of aromatic nitrogens is 16. The van der Waals surface area contributed by atoms with Crippen molar-refractivity contribution in [2.45, 2.75) is 251 Å². The van der Waals surface area contributed by atoms with Crippen molar-refractivity contribution in [3.05, 3.63) is 230 Å². The smallest absolute Gasteiger partial charge is 0.208 e. The van der Waals surface area contributed by atoms with Gasteiger partial charge in [-0.25, -0.2) is 71.7 Å². The fourth-order valence-electron chi connectivity index (χ4n) is 22.9. The Hall–Kier alpha value is -9.97. The Morgan fingerprint density at radius 2 is 0.664 bits per heavy atom. The van der Waals surface area contributed by atoms with Crippen LogP contribution in [0.25, 0.3) is 66.9 Å². The number of hydrogen-bond donors (Lipinski definition) is 2. The molecule has 8 aromatic heterocycles. The molecule has 4 saturated heterocycles. The summed E-state index contributed by atoms with van der Waals surface area (Å²) >= 11 is 50.3. The molecule has 37 heteroatoms. The number of nitrogens with two attached hydrogens (primary N) is 1. The van der Waals surface area contributed by atoms with E-state index in [9.17, 15) is 29.5 Å². The third kappa shape index (κ3) is 22.4. The summed E-state index contributed by atoms with van der Waals surface area (Å²) in [6.07, 6.45) is 36.0. The molecule has 0 radical (unpaired) electrons. The summed E-state index contributed by atoms with van der Waals surface area (Å²) in [4.78, 5) is 48.8. The average Bonchev–Trinajstić information content (AvgIpc) is 1.63. The highest BCUT2D eigenvalue weighted by atomic mass is 35.5. The van der Waals surface area contributed by atoms with Gasteiger partial charge in [-0.05, 0) is 287 Å². The first-order chi connectivity index (χ1) is 68.7. The van der Waals surface area contributed by atoms with Crippen molar-refractivity contribution in [2.24, 2.45) is 29.4 Å². The lowest BCUT2D eigenvalue weighted by atomic mass is 9.83. The number of sulfonamides is 1. The number of fused-ring (bicyclic) bond motifs is 4. The van der Waals surface area contributed by atoms with Crippen molar-refractivity contribution in [3.63, 3.8) is 0 Å². The number of hydrogen-bond acceptors (Lipinski definition) is 23. The summed E-state index contributed by atoms with van der Waals surface area (Å²) in [6, 6.07) is 33.2. The van der Waals surface area contributed by atoms with Gasteiger partial charge in [-0.3, -0.25) is 19.6 Å². The van der Waals surface area contributed by atoms with Gasteiger partial charge in [0.1, 0.15) is 46.3 Å². The van der Waals surface area contributed by atoms with E-state index in [1.807, 2.05) is 52.0 Å². The zero-order chi connectivity index (χ0) is 101. The molecule has 0 spiro atoms. The molecule has 0 amide bonds. The van der Waals surface area contributed by atoms with Gasteiger partial charge in [0.2, 0.25) is 10.0 Å². The Balaban J connectivity index is 0.000000131. The van der Waals surface area contributed by atoms with Crippen LogP contribution in [-0.2, 0) is 10.0 Å². The summed E-state index contributed by atoms with van der Waals surface area (Å²) in [6.45, 7) is 27.5. The van der Waals surface area contributed by atoms with Crippen LogP contribution in [0, 0.1) is 69.0 Å². The van der Waals surface area contributed by atoms with E-state index < -0.39 is 10.0 Å². The molecule has 3 N–H and O–H groups in total. The minimum absolute atomic E-state index is 0.207. The Bertz CT molecular complexity index is 7020. The van der Waals surface area contributed by atoms with Crippen molar-refractivity contribution in [2.75, 3.05) is 45.5 Å². The molecule has 746 valence electrons. The average molecular weight is 2100 g/mol. The number of allylic oxidation sites excluding steroid dienone is 4. The molecule has 143 heavy (non-hydrogen) atoms. The minimum Gasteiger partial charge on any atom is -0.329 e. The number of halogens is 8. The molecular weight excluding hydrogens is 1990 g/mol. The van der Waals surface area contributed by atoms with Crippen LogP contribution in [0.3, 0.4) is 0 Å². The molecule has 4 aliphatic carbocycles. The van der Waals surface area contributed by atoms with E-state index in [0.717, 1.165) is 134 Å². The number of nitriles is 4. The van der Waals surface area contributed by atoms with Gasteiger partial charge >= 0.3 is 0 Å². The summed E-state index contributed by atoms with van der Waals surface area (Å²) in [5.74, 6) is 1.94. The van der Waals surface area contributed by atoms with Gasteiger partial charge in [0.05, 0.1) is 78.0 Å². The molecular formula is C106H118Cl8N26O2S. The highest BCUT2D eigenvalue weighted by Gasteiger charge is 2.41. The Morgan fingerprint density at radius 1 is 0.399 bits per heavy atom. The maximum atomic E-state index is 11.6. The normalized spacial score (nSPS) is 23.7. The topological polar surface area (TPSA) is 355 Å². The molecule has 4 aliphatic heterocycles. The first-order valence-corrected chi connectivity index (χ1v) is 54.5. The van der Waals surface area contributed by atoms with Gasteiger partial charge in [-0.15, -0.1) is 0 Å². The molecule has 16 unspecified atom stereocenters. The number of benzene rings is 4. The molecule has 12 heterocycles. The molecule has 28 nitrogen and oxygen atoms in total. The SMILES string of the molecule is CC1CC(c2cnc3c(C#N)nn(C(C)c4ccc(Cl)cc4Cl)c3n2)=CCC1N1CCCC1C.CC1CC(c2cnc3c(C#N)nn(C(C)c4ccc(Cl)cc4Cl)c3n2)=CCC1N1CCCC1CN.CC1CC(c2cnc3c(C#N)nn(C(C)c4ccc(Cl)cc4Cl)c3n2)=CCC1N1CCCC1CNS(C)(=O)=O.CCC1CCCN1C1CC=C(c2cnc3c(C#N)nn(C(C)c4ccc(Cl)cc4Cl)c3n2)CC1C. The number of nitrogens with one attached hydrogen (secondary N) is 1. The number of likely N-dealkylation sites (tertiary alicyclic amines) is 4. The number of nitrogens with zero attached hydrogens (tertiary/aromatic N) is 24. The van der Waals surface area contributed by atoms with Gasteiger partial charge in [-0.2, -0.15) is 41.4 Å². The fourth-order valence-corrected chi connectivity index (χ4v) is 25.7. The van der Waals surface area contributed by atoms with E-state index in [1.54, 1.807) is 92.0 Å². The highest BCUT2D eigenvalue weighted by Crippen LogP contribution is 2.45. The second kappa shape index (κ2) is 45.2. The van der Waals surface area contributed by atoms with Gasteiger partial charge in [0.15, 0.2) is 45.4 Å². The molecule has 8 aliphatic rings. The highest BCUT2D eigenvalue weighted by molar-refractivity contribution is 7.88. The maximum absolute atomic E-state index is 11.6. The van der Waals surface area contributed by atoms with Crippen LogP contribution in [0.5, 0.6) is 0 Å². The predicted molar refractivity (Wildman–Crippen MR) is 569 cm³/mol. The van der Waals surface area contributed by atoms with Crippen LogP contribution in [0.15, 0.2) is 122 Å². The van der Waals surface area contributed by atoms with Gasteiger partial charge < -0.3 is 5.73 Å². The van der Waals surface area contributed by atoms with E-state index in [0.29, 0.717) is 157 Å². The largest absolute Gasteiger partial charge is 0.329 e. The third-order valence-corrected chi connectivity index (χ3v) is 33.5. The summed E-state index contributed by atoms with van der Waals surface area (Å²) in [5.41, 5.74) is 22.8. The van der Waals surface area contributed by atoms with Crippen LogP contribution in [0.1, 0.15) is 270 Å². The van der Waals surface area contributed by atoms with Crippen LogP contribution in [0.2, 0.25) is 40.2 Å². The van der Waals surface area contributed by atoms with E-state index in [4.69, 9.17) is 118 Å². The van der Waals surface area contributed by atoms with Gasteiger partial charge in [-0.1, -0.05) is 176 Å². The van der Waals surface area contributed by atoms with Crippen molar-refractivity contribution in [3.8, 4) is 24.3 Å². The Labute approximate surface area is 875 Å². The van der Waals surface area contributed by atoms with Crippen molar-refractivity contribution >= 4 is 170 Å². The van der Waals surface area contributed by atoms with E-state index in [1.165, 1.54) is 81.0 Å². The lowest BCUT2D eigenvalue weighted by Crippen LogP contribution is -2.48. The van der Waals surface area contributed by atoms with Gasteiger partial charge in [0.25, 0.3) is 0 Å². The predicted octanol–water partition coefficient (Wildman–Crippen LogP) is 23.0. The monoisotopic (exact) mass is 2100 g/mol. The van der Waals surface area contributed by atoms with Crippen molar-refractivity contribution < 1.29 is 8.42 Å². The molecule has 12 aromatic rings. The molecule has 20 rings (SSSR count). The Kier molecular flexibility index (Phi) is 33.0. The van der Waals surface area contributed by atoms with Crippen LogP contribution >= 0.6 is 92.8 Å². The van der Waals surface area contributed by atoms with E-state index in [-0.39, 0.29) is 53.0 Å². The van der Waals surface area contributed by atoms with Gasteiger partial charge in [0, 0.05) is 102 Å².